The summed E-state index contributed by atoms with van der Waals surface area (Å²) in [6.07, 6.45) is 0.494. The van der Waals surface area contributed by atoms with Crippen molar-refractivity contribution in [3.63, 3.8) is 0 Å². The summed E-state index contributed by atoms with van der Waals surface area (Å²) in [5.41, 5.74) is -0.119. The van der Waals surface area contributed by atoms with E-state index >= 15 is 0 Å². The number of hydrogen-bond donors (Lipinski definition) is 2. The molecular formula is C12H20N4O3S2. The van der Waals surface area contributed by atoms with Crippen LogP contribution < -0.4 is 5.32 Å². The van der Waals surface area contributed by atoms with Gasteiger partial charge in [-0.05, 0) is 6.42 Å². The van der Waals surface area contributed by atoms with Gasteiger partial charge in [0.25, 0.3) is 0 Å². The first kappa shape index (κ1) is 16.3. The van der Waals surface area contributed by atoms with E-state index in [-0.39, 0.29) is 34.6 Å². The fraction of sp³-hybridized carbons (Fsp3) is 0.750. The van der Waals surface area contributed by atoms with Crippen molar-refractivity contribution in [3.05, 3.63) is 5.82 Å². The van der Waals surface area contributed by atoms with E-state index in [1.54, 1.807) is 0 Å². The number of aromatic nitrogens is 3. The first-order valence-electron chi connectivity index (χ1n) is 6.71. The van der Waals surface area contributed by atoms with Crippen LogP contribution in [0.15, 0.2) is 5.16 Å². The van der Waals surface area contributed by atoms with E-state index in [9.17, 15) is 13.2 Å². The lowest BCUT2D eigenvalue weighted by molar-refractivity contribution is -0.119. The summed E-state index contributed by atoms with van der Waals surface area (Å²) in [4.78, 5) is 16.1. The number of hydrogen-bond acceptors (Lipinski definition) is 6. The summed E-state index contributed by atoms with van der Waals surface area (Å²) in [6, 6.07) is -0.264. The maximum Gasteiger partial charge on any atom is 0.230 e. The van der Waals surface area contributed by atoms with E-state index < -0.39 is 9.84 Å². The predicted octanol–water partition coefficient (Wildman–Crippen LogP) is 0.498. The molecule has 2 heterocycles. The van der Waals surface area contributed by atoms with E-state index in [0.717, 1.165) is 5.82 Å². The second-order valence-corrected chi connectivity index (χ2v) is 9.34. The molecular weight excluding hydrogens is 312 g/mol. The molecule has 1 atom stereocenters. The van der Waals surface area contributed by atoms with E-state index in [2.05, 4.69) is 20.5 Å². The minimum absolute atomic E-state index is 0.0399. The van der Waals surface area contributed by atoms with Crippen molar-refractivity contribution >= 4 is 27.5 Å². The number of amides is 1. The van der Waals surface area contributed by atoms with Gasteiger partial charge >= 0.3 is 0 Å². The highest BCUT2D eigenvalue weighted by Gasteiger charge is 2.29. The Balaban J connectivity index is 1.81. The second kappa shape index (κ2) is 5.96. The lowest BCUT2D eigenvalue weighted by Gasteiger charge is -2.12. The SMILES string of the molecule is CC(C)(C)c1nc(SCC(=O)N[C@H]2CCS(=O)(=O)C2)n[nH]1. The van der Waals surface area contributed by atoms with Crippen molar-refractivity contribution in [1.82, 2.24) is 20.5 Å². The normalized spacial score (nSPS) is 21.4. The predicted molar refractivity (Wildman–Crippen MR) is 81.0 cm³/mol. The lowest BCUT2D eigenvalue weighted by atomic mass is 9.96. The van der Waals surface area contributed by atoms with Crippen molar-refractivity contribution in [2.75, 3.05) is 17.3 Å². The molecule has 1 aliphatic rings. The number of aromatic amines is 1. The quantitative estimate of drug-likeness (QED) is 0.778. The minimum atomic E-state index is -2.97. The van der Waals surface area contributed by atoms with Crippen LogP contribution >= 0.6 is 11.8 Å². The Hall–Kier alpha value is -1.09. The highest BCUT2D eigenvalue weighted by Crippen LogP contribution is 2.21. The van der Waals surface area contributed by atoms with Crippen molar-refractivity contribution in [2.45, 2.75) is 43.8 Å². The zero-order valence-electron chi connectivity index (χ0n) is 12.3. The van der Waals surface area contributed by atoms with Crippen LogP contribution in [0.2, 0.25) is 0 Å². The number of nitrogens with one attached hydrogen (secondary N) is 2. The molecule has 2 rings (SSSR count). The number of carbonyl (C=O) groups is 1. The summed E-state index contributed by atoms with van der Waals surface area (Å²) in [5.74, 6) is 0.952. The third kappa shape index (κ3) is 4.70. The van der Waals surface area contributed by atoms with Gasteiger partial charge in [-0.25, -0.2) is 13.4 Å². The number of nitrogens with zero attached hydrogens (tertiary/aromatic N) is 2. The average Bonchev–Trinajstić information content (AvgIpc) is 2.93. The van der Waals surface area contributed by atoms with Crippen LogP contribution in [-0.4, -0.2) is 52.8 Å². The third-order valence-electron chi connectivity index (χ3n) is 3.11. The van der Waals surface area contributed by atoms with E-state index in [4.69, 9.17) is 0 Å². The monoisotopic (exact) mass is 332 g/mol. The summed E-state index contributed by atoms with van der Waals surface area (Å²) < 4.78 is 22.6. The molecule has 1 aliphatic heterocycles. The molecule has 9 heteroatoms. The van der Waals surface area contributed by atoms with E-state index in [1.807, 2.05) is 20.8 Å². The standard InChI is InChI=1S/C12H20N4O3S2/c1-12(2,3)10-14-11(16-15-10)20-6-9(17)13-8-4-5-21(18,19)7-8/h8H,4-7H2,1-3H3,(H,13,17)(H,14,15,16)/t8-/m0/s1. The fourth-order valence-corrected chi connectivity index (χ4v) is 4.24. The van der Waals surface area contributed by atoms with E-state index in [1.165, 1.54) is 11.8 Å². The molecule has 0 aromatic carbocycles. The number of sulfone groups is 1. The van der Waals surface area contributed by atoms with Crippen LogP contribution in [0.3, 0.4) is 0 Å². The first-order valence-corrected chi connectivity index (χ1v) is 9.52. The summed E-state index contributed by atoms with van der Waals surface area (Å²) in [5, 5.41) is 10.2. The maximum absolute atomic E-state index is 11.8. The van der Waals surface area contributed by atoms with E-state index in [0.29, 0.717) is 11.6 Å². The lowest BCUT2D eigenvalue weighted by Crippen LogP contribution is -2.36. The van der Waals surface area contributed by atoms with Crippen molar-refractivity contribution in [3.8, 4) is 0 Å². The van der Waals surface area contributed by atoms with Gasteiger partial charge in [0.05, 0.1) is 17.3 Å². The highest BCUT2D eigenvalue weighted by atomic mass is 32.2. The molecule has 1 aromatic rings. The maximum atomic E-state index is 11.8. The second-order valence-electron chi connectivity index (χ2n) is 6.17. The number of rotatable bonds is 4. The molecule has 0 saturated carbocycles. The minimum Gasteiger partial charge on any atom is -0.352 e. The molecule has 1 amide bonds. The van der Waals surface area contributed by atoms with Crippen LogP contribution in [-0.2, 0) is 20.0 Å². The Morgan fingerprint density at radius 3 is 2.71 bits per heavy atom. The molecule has 7 nitrogen and oxygen atoms in total. The summed E-state index contributed by atoms with van der Waals surface area (Å²) >= 11 is 1.23. The smallest absolute Gasteiger partial charge is 0.230 e. The van der Waals surface area contributed by atoms with Crippen LogP contribution in [0, 0.1) is 0 Å². The van der Waals surface area contributed by atoms with Crippen LogP contribution in [0.5, 0.6) is 0 Å². The van der Waals surface area contributed by atoms with Crippen molar-refractivity contribution in [1.29, 1.82) is 0 Å². The number of thioether (sulfide) groups is 1. The Kier molecular flexibility index (Phi) is 4.62. The first-order chi connectivity index (χ1) is 9.66. The van der Waals surface area contributed by atoms with Gasteiger partial charge in [0.2, 0.25) is 11.1 Å². The van der Waals surface area contributed by atoms with Crippen LogP contribution in [0.1, 0.15) is 33.0 Å². The number of H-pyrrole nitrogens is 1. The molecule has 0 spiro atoms. The van der Waals surface area contributed by atoms with Gasteiger partial charge in [-0.1, -0.05) is 32.5 Å². The molecule has 0 radical (unpaired) electrons. The van der Waals surface area contributed by atoms with Gasteiger partial charge in [-0.15, -0.1) is 5.10 Å². The zero-order chi connectivity index (χ0) is 15.7. The molecule has 0 bridgehead atoms. The van der Waals surface area contributed by atoms with Gasteiger partial charge in [0, 0.05) is 11.5 Å². The van der Waals surface area contributed by atoms with Gasteiger partial charge in [-0.3, -0.25) is 9.89 Å². The Labute approximate surface area is 128 Å². The molecule has 0 unspecified atom stereocenters. The Morgan fingerprint density at radius 2 is 2.19 bits per heavy atom. The molecule has 21 heavy (non-hydrogen) atoms. The largest absolute Gasteiger partial charge is 0.352 e. The highest BCUT2D eigenvalue weighted by molar-refractivity contribution is 7.99. The number of carbonyl (C=O) groups excluding carboxylic acids is 1. The summed E-state index contributed by atoms with van der Waals surface area (Å²) in [7, 11) is -2.97. The summed E-state index contributed by atoms with van der Waals surface area (Å²) in [6.45, 7) is 6.07. The van der Waals surface area contributed by atoms with Crippen LogP contribution in [0.25, 0.3) is 0 Å². The Morgan fingerprint density at radius 1 is 1.48 bits per heavy atom. The molecule has 1 fully saturated rings. The van der Waals surface area contributed by atoms with Crippen LogP contribution in [0.4, 0.5) is 0 Å². The van der Waals surface area contributed by atoms with Gasteiger partial charge in [0.1, 0.15) is 5.82 Å². The zero-order valence-corrected chi connectivity index (χ0v) is 14.0. The van der Waals surface area contributed by atoms with Crippen molar-refractivity contribution < 1.29 is 13.2 Å². The fourth-order valence-electron chi connectivity index (χ4n) is 1.95. The van der Waals surface area contributed by atoms with Gasteiger partial charge in [-0.2, -0.15) is 0 Å². The van der Waals surface area contributed by atoms with Gasteiger partial charge in [0.15, 0.2) is 9.84 Å². The van der Waals surface area contributed by atoms with Crippen molar-refractivity contribution in [2.24, 2.45) is 0 Å². The molecule has 1 aromatic heterocycles. The van der Waals surface area contributed by atoms with Gasteiger partial charge < -0.3 is 5.32 Å². The third-order valence-corrected chi connectivity index (χ3v) is 5.72. The average molecular weight is 332 g/mol. The molecule has 118 valence electrons. The Bertz CT molecular complexity index is 619. The topological polar surface area (TPSA) is 105 Å². The molecule has 2 N–H and O–H groups in total. The molecule has 0 aliphatic carbocycles. The molecule has 1 saturated heterocycles.